The minimum Gasteiger partial charge on any atom is -0.299 e. The minimum absolute atomic E-state index is 0.0484. The van der Waals surface area contributed by atoms with Crippen molar-refractivity contribution >= 4 is 11.6 Å². The first-order valence-electron chi connectivity index (χ1n) is 9.35. The molecule has 2 aromatic carbocycles. The van der Waals surface area contributed by atoms with Gasteiger partial charge >= 0.3 is 0 Å². The molecule has 0 aromatic heterocycles. The van der Waals surface area contributed by atoms with Gasteiger partial charge in [-0.05, 0) is 41.9 Å². The Morgan fingerprint density at radius 1 is 0.840 bits per heavy atom. The molecular weight excluding hydrogens is 308 g/mol. The maximum Gasteiger partial charge on any atom is 0.144 e. The molecule has 0 radical (unpaired) electrons. The molecule has 0 bridgehead atoms. The second-order valence-corrected chi connectivity index (χ2v) is 7.13. The van der Waals surface area contributed by atoms with Crippen molar-refractivity contribution in [2.45, 2.75) is 51.4 Å². The van der Waals surface area contributed by atoms with Crippen molar-refractivity contribution in [2.24, 2.45) is 5.92 Å². The lowest BCUT2D eigenvalue weighted by Gasteiger charge is -2.27. The van der Waals surface area contributed by atoms with Crippen LogP contribution >= 0.6 is 0 Å². The highest BCUT2D eigenvalue weighted by atomic mass is 16.2. The second kappa shape index (κ2) is 8.24. The molecule has 2 nitrogen and oxygen atoms in total. The Balaban J connectivity index is 1.65. The summed E-state index contributed by atoms with van der Waals surface area (Å²) in [5.41, 5.74) is 3.52. The average Bonchev–Trinajstić information content (AvgIpc) is 2.64. The molecule has 0 spiro atoms. The third-order valence-electron chi connectivity index (χ3n) is 5.23. The number of benzene rings is 2. The molecule has 130 valence electrons. The van der Waals surface area contributed by atoms with Crippen molar-refractivity contribution in [3.63, 3.8) is 0 Å². The van der Waals surface area contributed by atoms with Crippen LogP contribution in [0.3, 0.4) is 0 Å². The molecule has 25 heavy (non-hydrogen) atoms. The molecule has 0 saturated heterocycles. The number of rotatable bonds is 6. The number of ketones is 2. The molecule has 1 aliphatic rings. The second-order valence-electron chi connectivity index (χ2n) is 7.13. The van der Waals surface area contributed by atoms with Crippen molar-refractivity contribution in [3.05, 3.63) is 71.3 Å². The monoisotopic (exact) mass is 334 g/mol. The first kappa shape index (κ1) is 17.6. The van der Waals surface area contributed by atoms with Gasteiger partial charge in [-0.2, -0.15) is 0 Å². The molecule has 0 heterocycles. The predicted octanol–water partition coefficient (Wildman–Crippen LogP) is 4.90. The maximum absolute atomic E-state index is 12.6. The van der Waals surface area contributed by atoms with E-state index in [4.69, 9.17) is 0 Å². The summed E-state index contributed by atoms with van der Waals surface area (Å²) in [6.45, 7) is 2.19. The number of unbranched alkanes of at least 4 members (excludes halogenated alkanes) is 1. The van der Waals surface area contributed by atoms with E-state index in [-0.39, 0.29) is 17.5 Å². The van der Waals surface area contributed by atoms with Crippen molar-refractivity contribution in [1.29, 1.82) is 0 Å². The molecule has 1 aliphatic carbocycles. The van der Waals surface area contributed by atoms with Crippen LogP contribution in [-0.4, -0.2) is 11.6 Å². The fourth-order valence-electron chi connectivity index (χ4n) is 3.67. The molecule has 2 heteroatoms. The molecule has 0 atom stereocenters. The predicted molar refractivity (Wildman–Crippen MR) is 101 cm³/mol. The van der Waals surface area contributed by atoms with Crippen molar-refractivity contribution in [1.82, 2.24) is 0 Å². The fraction of sp³-hybridized carbons (Fsp3) is 0.391. The van der Waals surface area contributed by atoms with Crippen molar-refractivity contribution < 1.29 is 9.59 Å². The van der Waals surface area contributed by atoms with Crippen LogP contribution in [0.4, 0.5) is 0 Å². The van der Waals surface area contributed by atoms with E-state index in [0.717, 1.165) is 17.5 Å². The van der Waals surface area contributed by atoms with Crippen LogP contribution in [-0.2, 0) is 22.4 Å². The number of hydrogen-bond donors (Lipinski definition) is 0. The van der Waals surface area contributed by atoms with E-state index >= 15 is 0 Å². The molecule has 1 saturated carbocycles. The lowest BCUT2D eigenvalue weighted by Crippen LogP contribution is -2.34. The van der Waals surface area contributed by atoms with Gasteiger partial charge in [-0.15, -0.1) is 0 Å². The summed E-state index contributed by atoms with van der Waals surface area (Å²) in [4.78, 5) is 25.2. The van der Waals surface area contributed by atoms with E-state index in [2.05, 4.69) is 31.2 Å². The third-order valence-corrected chi connectivity index (χ3v) is 5.23. The molecule has 0 unspecified atom stereocenters. The molecule has 2 aromatic rings. The summed E-state index contributed by atoms with van der Waals surface area (Å²) < 4.78 is 0. The fourth-order valence-corrected chi connectivity index (χ4v) is 3.67. The minimum atomic E-state index is -0.456. The topological polar surface area (TPSA) is 34.1 Å². The van der Waals surface area contributed by atoms with Crippen molar-refractivity contribution in [2.75, 3.05) is 0 Å². The highest BCUT2D eigenvalue weighted by Crippen LogP contribution is 2.33. The highest BCUT2D eigenvalue weighted by Gasteiger charge is 2.35. The van der Waals surface area contributed by atoms with E-state index in [1.807, 2.05) is 30.3 Å². The number of carbonyl (C=O) groups is 2. The largest absolute Gasteiger partial charge is 0.299 e. The van der Waals surface area contributed by atoms with E-state index in [1.165, 1.54) is 18.4 Å². The van der Waals surface area contributed by atoms with Crippen LogP contribution < -0.4 is 0 Å². The number of aryl methyl sites for hydroxylation is 1. The van der Waals surface area contributed by atoms with Crippen LogP contribution in [0.5, 0.6) is 0 Å². The molecule has 0 aliphatic heterocycles. The Labute approximate surface area is 150 Å². The standard InChI is InChI=1S/C23H26O2/c1-2-3-7-17-10-12-19(13-11-17)20-15-22(24)21(23(25)16-20)14-18-8-5-4-6-9-18/h4-6,8-13,20-21H,2-3,7,14-16H2,1H3. The highest BCUT2D eigenvalue weighted by molar-refractivity contribution is 6.05. The lowest BCUT2D eigenvalue weighted by atomic mass is 9.75. The van der Waals surface area contributed by atoms with Gasteiger partial charge in [-0.3, -0.25) is 9.59 Å². The van der Waals surface area contributed by atoms with Gasteiger partial charge < -0.3 is 0 Å². The molecule has 1 fully saturated rings. The first-order valence-corrected chi connectivity index (χ1v) is 9.35. The molecule has 0 N–H and O–H groups in total. The summed E-state index contributed by atoms with van der Waals surface area (Å²) in [5, 5.41) is 0. The summed E-state index contributed by atoms with van der Waals surface area (Å²) in [6, 6.07) is 18.3. The summed E-state index contributed by atoms with van der Waals surface area (Å²) in [5.74, 6) is -0.213. The van der Waals surface area contributed by atoms with Gasteiger partial charge in [0.2, 0.25) is 0 Å². The normalized spacial score (nSPS) is 20.7. The Bertz CT molecular complexity index is 698. The maximum atomic E-state index is 12.6. The Hall–Kier alpha value is -2.22. The van der Waals surface area contributed by atoms with Gasteiger partial charge in [-0.25, -0.2) is 0 Å². The van der Waals surface area contributed by atoms with Crippen LogP contribution in [0.2, 0.25) is 0 Å². The number of Topliss-reactive ketones (excluding diaryl/α,β-unsaturated/α-hetero) is 2. The SMILES string of the molecule is CCCCc1ccc(C2CC(=O)C(Cc3ccccc3)C(=O)C2)cc1. The van der Waals surface area contributed by atoms with E-state index in [1.54, 1.807) is 0 Å². The Kier molecular flexibility index (Phi) is 5.80. The average molecular weight is 334 g/mol. The van der Waals surface area contributed by atoms with Crippen molar-refractivity contribution in [3.8, 4) is 0 Å². The van der Waals surface area contributed by atoms with E-state index < -0.39 is 5.92 Å². The first-order chi connectivity index (χ1) is 12.2. The lowest BCUT2D eigenvalue weighted by molar-refractivity contribution is -0.136. The molecule has 3 rings (SSSR count). The number of hydrogen-bond acceptors (Lipinski definition) is 2. The number of carbonyl (C=O) groups excluding carboxylic acids is 2. The zero-order chi connectivity index (χ0) is 17.6. The molecule has 0 amide bonds. The third kappa shape index (κ3) is 4.45. The Morgan fingerprint density at radius 3 is 2.08 bits per heavy atom. The smallest absolute Gasteiger partial charge is 0.144 e. The summed E-state index contributed by atoms with van der Waals surface area (Å²) >= 11 is 0. The summed E-state index contributed by atoms with van der Waals surface area (Å²) in [7, 11) is 0. The van der Waals surface area contributed by atoms with Gasteiger partial charge in [-0.1, -0.05) is 67.9 Å². The van der Waals surface area contributed by atoms with Gasteiger partial charge in [0.1, 0.15) is 11.6 Å². The zero-order valence-corrected chi connectivity index (χ0v) is 14.9. The van der Waals surface area contributed by atoms with Crippen LogP contribution in [0.1, 0.15) is 55.2 Å². The van der Waals surface area contributed by atoms with E-state index in [0.29, 0.717) is 19.3 Å². The van der Waals surface area contributed by atoms with Gasteiger partial charge in [0.15, 0.2) is 0 Å². The molecular formula is C23H26O2. The van der Waals surface area contributed by atoms with Crippen LogP contribution in [0.15, 0.2) is 54.6 Å². The summed E-state index contributed by atoms with van der Waals surface area (Å²) in [6.07, 6.45) is 4.99. The zero-order valence-electron chi connectivity index (χ0n) is 14.9. The van der Waals surface area contributed by atoms with Crippen LogP contribution in [0, 0.1) is 5.92 Å². The Morgan fingerprint density at radius 2 is 1.48 bits per heavy atom. The quantitative estimate of drug-likeness (QED) is 0.704. The van der Waals surface area contributed by atoms with Gasteiger partial charge in [0, 0.05) is 12.8 Å². The van der Waals surface area contributed by atoms with Crippen LogP contribution in [0.25, 0.3) is 0 Å². The van der Waals surface area contributed by atoms with E-state index in [9.17, 15) is 9.59 Å². The van der Waals surface area contributed by atoms with Gasteiger partial charge in [0.05, 0.1) is 5.92 Å². The van der Waals surface area contributed by atoms with Gasteiger partial charge in [0.25, 0.3) is 0 Å².